The number of aromatic nitrogens is 3. The minimum absolute atomic E-state index is 0.00937. The van der Waals surface area contributed by atoms with E-state index in [0.29, 0.717) is 50.7 Å². The van der Waals surface area contributed by atoms with E-state index < -0.39 is 18.1 Å². The fourth-order valence-corrected chi connectivity index (χ4v) is 7.45. The molecular weight excluding hydrogens is 802 g/mol. The first-order chi connectivity index (χ1) is 27.1. The molecule has 2 atom stereocenters. The van der Waals surface area contributed by atoms with Crippen molar-refractivity contribution in [1.82, 2.24) is 25.6 Å². The Balaban J connectivity index is 1.17. The molecule has 286 valence electrons. The van der Waals surface area contributed by atoms with E-state index in [1.54, 1.807) is 25.4 Å². The molecule has 4 heterocycles. The summed E-state index contributed by atoms with van der Waals surface area (Å²) in [5.41, 5.74) is 6.15. The van der Waals surface area contributed by atoms with Gasteiger partial charge in [0, 0.05) is 47.7 Å². The number of aliphatic carboxylic acids is 1. The van der Waals surface area contributed by atoms with E-state index in [2.05, 4.69) is 48.7 Å². The molecule has 0 saturated heterocycles. The maximum absolute atomic E-state index is 11.9. The van der Waals surface area contributed by atoms with E-state index in [0.717, 1.165) is 52.2 Å². The first-order valence-corrected chi connectivity index (χ1v) is 19.0. The standard InChI is InChI=1S/C41H37BrClN7O6/c1-41(22-51,40(52)53)48-20-25-16-32(42)39(50-37(25)55-21-24-15-23(17-44)18-45-19-24)56-34-12-10-27-26(5-3-6-28(27)34)29-7-4-8-30(35(29)43)33-11-9-31(38(49-33)54-2)36-46-13-14-47-36/h3-9,11,15-16,18-19,34,48,51H,10,12-14,20-22H2,1-2H3,(H,46,47)(H,52,53)/t34-,41?/m0/s1. The zero-order valence-electron chi connectivity index (χ0n) is 30.5. The van der Waals surface area contributed by atoms with Crippen molar-refractivity contribution in [3.05, 3.63) is 116 Å². The molecule has 7 rings (SSSR count). The van der Waals surface area contributed by atoms with E-state index >= 15 is 0 Å². The van der Waals surface area contributed by atoms with Crippen molar-refractivity contribution in [2.45, 2.75) is 44.6 Å². The van der Waals surface area contributed by atoms with E-state index in [1.807, 2.05) is 42.5 Å². The summed E-state index contributed by atoms with van der Waals surface area (Å²) < 4.78 is 18.9. The monoisotopic (exact) mass is 837 g/mol. The number of nitrogens with zero attached hydrogens (tertiary/aromatic N) is 5. The lowest BCUT2D eigenvalue weighted by atomic mass is 9.94. The number of amidine groups is 1. The van der Waals surface area contributed by atoms with E-state index in [-0.39, 0.29) is 31.0 Å². The quantitative estimate of drug-likeness (QED) is 0.0964. The highest BCUT2D eigenvalue weighted by Gasteiger charge is 2.33. The Labute approximate surface area is 336 Å². The van der Waals surface area contributed by atoms with Crippen LogP contribution in [0.25, 0.3) is 22.4 Å². The van der Waals surface area contributed by atoms with E-state index in [1.165, 1.54) is 13.1 Å². The highest BCUT2D eigenvalue weighted by atomic mass is 79.9. The zero-order valence-corrected chi connectivity index (χ0v) is 32.8. The molecule has 13 nitrogen and oxygen atoms in total. The maximum atomic E-state index is 11.9. The summed E-state index contributed by atoms with van der Waals surface area (Å²) in [7, 11) is 1.59. The number of benzene rings is 2. The highest BCUT2D eigenvalue weighted by molar-refractivity contribution is 9.10. The summed E-state index contributed by atoms with van der Waals surface area (Å²) in [4.78, 5) is 30.1. The van der Waals surface area contributed by atoms with Crippen LogP contribution in [0.15, 0.2) is 82.5 Å². The van der Waals surface area contributed by atoms with Crippen LogP contribution in [-0.2, 0) is 24.4 Å². The number of halogens is 2. The van der Waals surface area contributed by atoms with Gasteiger partial charge in [-0.25, -0.2) is 4.98 Å². The summed E-state index contributed by atoms with van der Waals surface area (Å²) >= 11 is 10.8. The molecule has 1 aliphatic carbocycles. The van der Waals surface area contributed by atoms with Crippen LogP contribution in [-0.4, -0.2) is 69.3 Å². The second-order valence-electron chi connectivity index (χ2n) is 13.5. The van der Waals surface area contributed by atoms with Gasteiger partial charge in [-0.1, -0.05) is 48.0 Å². The molecule has 0 amide bonds. The van der Waals surface area contributed by atoms with Crippen molar-refractivity contribution in [2.24, 2.45) is 4.99 Å². The van der Waals surface area contributed by atoms with Gasteiger partial charge in [0.2, 0.25) is 17.6 Å². The SMILES string of the molecule is COc1nc(-c2cccc(-c3cccc4c3CC[C@@H]4Oc3nc(OCc4cncc(C#N)c4)c(CNC(C)(CO)C(=O)O)cc3Br)c2Cl)ccc1C1=NCCN1. The molecule has 1 aliphatic heterocycles. The number of carboxylic acids is 1. The van der Waals surface area contributed by atoms with Crippen molar-refractivity contribution in [3.63, 3.8) is 0 Å². The first-order valence-electron chi connectivity index (χ1n) is 17.8. The molecule has 2 aliphatic rings. The first kappa shape index (κ1) is 38.7. The number of nitriles is 1. The second kappa shape index (κ2) is 16.6. The Morgan fingerprint density at radius 3 is 2.62 bits per heavy atom. The summed E-state index contributed by atoms with van der Waals surface area (Å²) in [6.07, 6.45) is 4.10. The number of ether oxygens (including phenoxy) is 3. The molecule has 0 saturated carbocycles. The smallest absolute Gasteiger partial charge is 0.326 e. The molecule has 0 bridgehead atoms. The normalized spacial score (nSPS) is 15.6. The van der Waals surface area contributed by atoms with Crippen LogP contribution in [0.1, 0.15) is 52.8 Å². The van der Waals surface area contributed by atoms with Crippen LogP contribution in [0.4, 0.5) is 0 Å². The summed E-state index contributed by atoms with van der Waals surface area (Å²) in [6.45, 7) is 2.28. The number of methoxy groups -OCH3 is 1. The number of hydrogen-bond acceptors (Lipinski definition) is 12. The Kier molecular flexibility index (Phi) is 11.5. The Morgan fingerprint density at radius 1 is 1.07 bits per heavy atom. The maximum Gasteiger partial charge on any atom is 0.326 e. The van der Waals surface area contributed by atoms with Crippen molar-refractivity contribution in [2.75, 3.05) is 26.8 Å². The number of nitrogens with one attached hydrogen (secondary N) is 2. The number of carboxylic acid groups (broad SMARTS) is 1. The van der Waals surface area contributed by atoms with Crippen molar-refractivity contribution < 1.29 is 29.2 Å². The molecule has 0 fully saturated rings. The number of aliphatic imine (C=N–C) groups is 1. The predicted molar refractivity (Wildman–Crippen MR) is 213 cm³/mol. The zero-order chi connectivity index (χ0) is 39.4. The fraction of sp³-hybridized carbons (Fsp3) is 0.268. The van der Waals surface area contributed by atoms with Crippen LogP contribution < -0.4 is 24.8 Å². The van der Waals surface area contributed by atoms with Crippen LogP contribution in [0.2, 0.25) is 5.02 Å². The van der Waals surface area contributed by atoms with Gasteiger partial charge in [-0.15, -0.1) is 0 Å². The van der Waals surface area contributed by atoms with Gasteiger partial charge in [0.15, 0.2) is 0 Å². The number of aliphatic hydroxyl groups is 1. The Morgan fingerprint density at radius 2 is 1.88 bits per heavy atom. The molecule has 56 heavy (non-hydrogen) atoms. The summed E-state index contributed by atoms with van der Waals surface area (Å²) in [5, 5.41) is 35.6. The predicted octanol–water partition coefficient (Wildman–Crippen LogP) is 6.42. The van der Waals surface area contributed by atoms with Gasteiger partial charge >= 0.3 is 5.97 Å². The Bertz CT molecular complexity index is 2390. The van der Waals surface area contributed by atoms with Gasteiger partial charge in [-0.05, 0) is 76.7 Å². The average molecular weight is 839 g/mol. The molecule has 15 heteroatoms. The second-order valence-corrected chi connectivity index (χ2v) is 14.7. The lowest BCUT2D eigenvalue weighted by Gasteiger charge is -2.24. The number of aliphatic hydroxyl groups excluding tert-OH is 1. The topological polar surface area (TPSA) is 184 Å². The van der Waals surface area contributed by atoms with Crippen molar-refractivity contribution >= 4 is 39.3 Å². The molecule has 4 N–H and O–H groups in total. The highest BCUT2D eigenvalue weighted by Crippen LogP contribution is 2.45. The third-order valence-electron chi connectivity index (χ3n) is 9.76. The number of hydrogen-bond donors (Lipinski definition) is 4. The van der Waals surface area contributed by atoms with Gasteiger partial charge in [-0.2, -0.15) is 10.2 Å². The van der Waals surface area contributed by atoms with Crippen LogP contribution in [0.3, 0.4) is 0 Å². The van der Waals surface area contributed by atoms with Gasteiger partial charge in [0.25, 0.3) is 0 Å². The van der Waals surface area contributed by atoms with Crippen LogP contribution in [0, 0.1) is 11.3 Å². The van der Waals surface area contributed by atoms with Gasteiger partial charge in [0.05, 0.1) is 46.6 Å². The van der Waals surface area contributed by atoms with Crippen LogP contribution >= 0.6 is 27.5 Å². The largest absolute Gasteiger partial charge is 0.480 e. The fourth-order valence-electron chi connectivity index (χ4n) is 6.67. The van der Waals surface area contributed by atoms with E-state index in [9.17, 15) is 20.3 Å². The summed E-state index contributed by atoms with van der Waals surface area (Å²) in [6, 6.07) is 21.3. The average Bonchev–Trinajstić information content (AvgIpc) is 3.91. The molecule has 1 unspecified atom stereocenters. The number of rotatable bonds is 14. The molecular formula is C41H37BrClN7O6. The van der Waals surface area contributed by atoms with Gasteiger partial charge < -0.3 is 29.7 Å². The number of carbonyl (C=O) groups is 1. The van der Waals surface area contributed by atoms with Crippen molar-refractivity contribution in [1.29, 1.82) is 5.26 Å². The third-order valence-corrected chi connectivity index (χ3v) is 10.7. The molecule has 0 spiro atoms. The third kappa shape index (κ3) is 7.89. The van der Waals surface area contributed by atoms with Crippen LogP contribution in [0.5, 0.6) is 17.6 Å². The summed E-state index contributed by atoms with van der Waals surface area (Å²) in [5.74, 6) is 0.480. The van der Waals surface area contributed by atoms with E-state index in [4.69, 9.17) is 35.8 Å². The molecule has 2 aromatic carbocycles. The van der Waals surface area contributed by atoms with Gasteiger partial charge in [-0.3, -0.25) is 20.1 Å². The molecule has 0 radical (unpaired) electrons. The lowest BCUT2D eigenvalue weighted by Crippen LogP contribution is -2.52. The molecule has 5 aromatic rings. The minimum Gasteiger partial charge on any atom is -0.480 e. The molecule has 3 aromatic heterocycles. The van der Waals surface area contributed by atoms with Crippen molar-refractivity contribution in [3.8, 4) is 46.1 Å². The Hall–Kier alpha value is -5.59. The van der Waals surface area contributed by atoms with Gasteiger partial charge in [0.1, 0.15) is 30.2 Å². The number of fused-ring (bicyclic) bond motifs is 1. The minimum atomic E-state index is -1.60. The number of pyridine rings is 3. The lowest BCUT2D eigenvalue weighted by molar-refractivity contribution is -0.145.